The van der Waals surface area contributed by atoms with Crippen LogP contribution < -0.4 is 4.74 Å². The highest BCUT2D eigenvalue weighted by molar-refractivity contribution is 9.10. The Morgan fingerprint density at radius 1 is 1.29 bits per heavy atom. The van der Waals surface area contributed by atoms with E-state index in [4.69, 9.17) is 9.15 Å². The maximum absolute atomic E-state index is 13.3. The van der Waals surface area contributed by atoms with Gasteiger partial charge >= 0.3 is 0 Å². The van der Waals surface area contributed by atoms with Gasteiger partial charge in [0.2, 0.25) is 5.82 Å². The number of furan rings is 1. The van der Waals surface area contributed by atoms with E-state index in [1.807, 2.05) is 0 Å². The van der Waals surface area contributed by atoms with Crippen LogP contribution in [0.1, 0.15) is 11.5 Å². The predicted octanol–water partition coefficient (Wildman–Crippen LogP) is 4.21. The van der Waals surface area contributed by atoms with Gasteiger partial charge in [-0.3, -0.25) is 0 Å². The first-order valence-corrected chi connectivity index (χ1v) is 5.68. The number of hydrogen-bond acceptors (Lipinski definition) is 2. The summed E-state index contributed by atoms with van der Waals surface area (Å²) in [5.41, 5.74) is 0. The van der Waals surface area contributed by atoms with Crippen LogP contribution >= 0.6 is 15.9 Å². The highest BCUT2D eigenvalue weighted by Crippen LogP contribution is 2.26. The number of rotatable bonds is 3. The van der Waals surface area contributed by atoms with E-state index in [9.17, 15) is 8.78 Å². The van der Waals surface area contributed by atoms with E-state index >= 15 is 0 Å². The molecule has 0 N–H and O–H groups in total. The third kappa shape index (κ3) is 2.85. The second kappa shape index (κ2) is 4.87. The Hall–Kier alpha value is -1.36. The van der Waals surface area contributed by atoms with Crippen LogP contribution in [-0.4, -0.2) is 0 Å². The van der Waals surface area contributed by atoms with Crippen molar-refractivity contribution in [3.05, 3.63) is 51.9 Å². The molecule has 1 heterocycles. The summed E-state index contributed by atoms with van der Waals surface area (Å²) in [4.78, 5) is 0. The Morgan fingerprint density at radius 2 is 2.06 bits per heavy atom. The lowest BCUT2D eigenvalue weighted by Crippen LogP contribution is -1.98. The van der Waals surface area contributed by atoms with Crippen molar-refractivity contribution >= 4 is 15.9 Å². The molecule has 5 heteroatoms. The summed E-state index contributed by atoms with van der Waals surface area (Å²) < 4.78 is 37.2. The molecule has 0 bridgehead atoms. The topological polar surface area (TPSA) is 22.4 Å². The van der Waals surface area contributed by atoms with Gasteiger partial charge in [-0.2, -0.15) is 4.39 Å². The second-order valence-electron chi connectivity index (χ2n) is 3.50. The lowest BCUT2D eigenvalue weighted by atomic mass is 10.3. The molecule has 2 aromatic rings. The molecule has 0 aliphatic heterocycles. The first kappa shape index (κ1) is 12.1. The Kier molecular flexibility index (Phi) is 3.47. The van der Waals surface area contributed by atoms with Crippen molar-refractivity contribution in [3.8, 4) is 5.75 Å². The van der Waals surface area contributed by atoms with Crippen LogP contribution in [0.5, 0.6) is 5.75 Å². The lowest BCUT2D eigenvalue weighted by Gasteiger charge is -2.06. The van der Waals surface area contributed by atoms with Crippen LogP contribution in [0.25, 0.3) is 0 Å². The van der Waals surface area contributed by atoms with E-state index in [1.54, 1.807) is 19.1 Å². The van der Waals surface area contributed by atoms with Gasteiger partial charge in [-0.15, -0.1) is 0 Å². The molecule has 17 heavy (non-hydrogen) atoms. The third-order valence-corrected chi connectivity index (χ3v) is 2.58. The number of halogens is 3. The van der Waals surface area contributed by atoms with Crippen LogP contribution in [0.3, 0.4) is 0 Å². The predicted molar refractivity (Wildman–Crippen MR) is 61.8 cm³/mol. The molecule has 0 aliphatic carbocycles. The molecule has 0 atom stereocenters. The summed E-state index contributed by atoms with van der Waals surface area (Å²) in [6.45, 7) is 1.85. The normalized spacial score (nSPS) is 10.6. The van der Waals surface area contributed by atoms with Crippen molar-refractivity contribution in [1.29, 1.82) is 0 Å². The molecule has 0 amide bonds. The van der Waals surface area contributed by atoms with Gasteiger partial charge in [0.05, 0.1) is 0 Å². The van der Waals surface area contributed by atoms with Gasteiger partial charge in [-0.1, -0.05) is 15.9 Å². The molecule has 0 saturated carbocycles. The highest BCUT2D eigenvalue weighted by Gasteiger charge is 2.12. The van der Waals surface area contributed by atoms with Crippen molar-refractivity contribution in [2.75, 3.05) is 0 Å². The fourth-order valence-electron chi connectivity index (χ4n) is 1.35. The number of aryl methyl sites for hydroxylation is 1. The summed E-state index contributed by atoms with van der Waals surface area (Å²) in [7, 11) is 0. The molecule has 90 valence electrons. The SMILES string of the molecule is Cc1ccc(COc2cc(Br)cc(F)c2F)o1. The van der Waals surface area contributed by atoms with Crippen LogP contribution in [0.4, 0.5) is 8.78 Å². The number of ether oxygens (including phenoxy) is 1. The van der Waals surface area contributed by atoms with Crippen molar-refractivity contribution in [2.45, 2.75) is 13.5 Å². The fraction of sp³-hybridized carbons (Fsp3) is 0.167. The average Bonchev–Trinajstić information content (AvgIpc) is 2.67. The summed E-state index contributed by atoms with van der Waals surface area (Å²) in [6.07, 6.45) is 0. The molecule has 0 aliphatic rings. The highest BCUT2D eigenvalue weighted by atomic mass is 79.9. The maximum Gasteiger partial charge on any atom is 0.200 e. The zero-order valence-electron chi connectivity index (χ0n) is 8.97. The second-order valence-corrected chi connectivity index (χ2v) is 4.42. The molecular weight excluding hydrogens is 294 g/mol. The van der Waals surface area contributed by atoms with Gasteiger partial charge in [0.1, 0.15) is 18.1 Å². The van der Waals surface area contributed by atoms with E-state index in [2.05, 4.69) is 15.9 Å². The summed E-state index contributed by atoms with van der Waals surface area (Å²) in [5, 5.41) is 0. The smallest absolute Gasteiger partial charge is 0.200 e. The summed E-state index contributed by atoms with van der Waals surface area (Å²) >= 11 is 3.07. The van der Waals surface area contributed by atoms with Gasteiger partial charge < -0.3 is 9.15 Å². The number of hydrogen-bond donors (Lipinski definition) is 0. The molecule has 0 saturated heterocycles. The molecule has 1 aromatic heterocycles. The molecule has 0 spiro atoms. The summed E-state index contributed by atoms with van der Waals surface area (Å²) in [6, 6.07) is 5.91. The first-order chi connectivity index (χ1) is 8.06. The third-order valence-electron chi connectivity index (χ3n) is 2.13. The minimum absolute atomic E-state index is 0.0562. The molecule has 0 fully saturated rings. The van der Waals surface area contributed by atoms with Gasteiger partial charge in [0, 0.05) is 4.47 Å². The minimum Gasteiger partial charge on any atom is -0.482 e. The van der Waals surface area contributed by atoms with E-state index < -0.39 is 11.6 Å². The van der Waals surface area contributed by atoms with Crippen LogP contribution in [0, 0.1) is 18.6 Å². The largest absolute Gasteiger partial charge is 0.482 e. The summed E-state index contributed by atoms with van der Waals surface area (Å²) in [5.74, 6) is -0.806. The van der Waals surface area contributed by atoms with E-state index in [0.717, 1.165) is 11.8 Å². The van der Waals surface area contributed by atoms with Crippen LogP contribution in [-0.2, 0) is 6.61 Å². The molecular formula is C12H9BrF2O2. The lowest BCUT2D eigenvalue weighted by molar-refractivity contribution is 0.252. The van der Waals surface area contributed by atoms with Crippen molar-refractivity contribution in [3.63, 3.8) is 0 Å². The molecule has 0 unspecified atom stereocenters. The van der Waals surface area contributed by atoms with Crippen molar-refractivity contribution in [1.82, 2.24) is 0 Å². The molecule has 0 radical (unpaired) electrons. The molecule has 2 rings (SSSR count). The van der Waals surface area contributed by atoms with Gasteiger partial charge in [0.15, 0.2) is 11.6 Å². The van der Waals surface area contributed by atoms with Gasteiger partial charge in [-0.05, 0) is 31.2 Å². The Morgan fingerprint density at radius 3 is 2.71 bits per heavy atom. The number of benzene rings is 1. The zero-order valence-corrected chi connectivity index (χ0v) is 10.6. The standard InChI is InChI=1S/C12H9BrF2O2/c1-7-2-3-9(17-7)6-16-11-5-8(13)4-10(14)12(11)15/h2-5H,6H2,1H3. The van der Waals surface area contributed by atoms with E-state index in [0.29, 0.717) is 10.2 Å². The Labute approximate surface area is 105 Å². The minimum atomic E-state index is -1.00. The first-order valence-electron chi connectivity index (χ1n) is 4.89. The molecule has 2 nitrogen and oxygen atoms in total. The van der Waals surface area contributed by atoms with Gasteiger partial charge in [-0.25, -0.2) is 4.39 Å². The van der Waals surface area contributed by atoms with Crippen molar-refractivity contribution < 1.29 is 17.9 Å². The maximum atomic E-state index is 13.3. The van der Waals surface area contributed by atoms with Crippen molar-refractivity contribution in [2.24, 2.45) is 0 Å². The average molecular weight is 303 g/mol. The Balaban J connectivity index is 2.14. The van der Waals surface area contributed by atoms with Crippen LogP contribution in [0.15, 0.2) is 33.2 Å². The fourth-order valence-corrected chi connectivity index (χ4v) is 1.76. The Bertz CT molecular complexity index is 537. The van der Waals surface area contributed by atoms with E-state index in [1.165, 1.54) is 6.07 Å². The zero-order chi connectivity index (χ0) is 12.4. The quantitative estimate of drug-likeness (QED) is 0.793. The van der Waals surface area contributed by atoms with Crippen LogP contribution in [0.2, 0.25) is 0 Å². The van der Waals surface area contributed by atoms with Gasteiger partial charge in [0.25, 0.3) is 0 Å². The molecule has 1 aromatic carbocycles. The monoisotopic (exact) mass is 302 g/mol. The van der Waals surface area contributed by atoms with E-state index in [-0.39, 0.29) is 12.4 Å².